The Kier molecular flexibility index (Phi) is 4.47. The van der Waals surface area contributed by atoms with Gasteiger partial charge in [-0.2, -0.15) is 0 Å². The Morgan fingerprint density at radius 1 is 1.27 bits per heavy atom. The molecular formula is C15H12N2O5. The van der Waals surface area contributed by atoms with Crippen LogP contribution >= 0.6 is 0 Å². The highest BCUT2D eigenvalue weighted by Gasteiger charge is 2.08. The Labute approximate surface area is 125 Å². The summed E-state index contributed by atoms with van der Waals surface area (Å²) in [5, 5.41) is 29.1. The Balaban J connectivity index is 2.26. The Bertz CT molecular complexity index is 755. The maximum atomic E-state index is 10.7. The summed E-state index contributed by atoms with van der Waals surface area (Å²) in [6.45, 7) is 0. The number of carboxylic acids is 1. The number of aromatic hydroxyl groups is 1. The third kappa shape index (κ3) is 3.89. The predicted octanol–water partition coefficient (Wildman–Crippen LogP) is 2.68. The highest BCUT2D eigenvalue weighted by molar-refractivity contribution is 5.86. The van der Waals surface area contributed by atoms with Gasteiger partial charge in [0.05, 0.1) is 17.0 Å². The topological polar surface area (TPSA) is 113 Å². The summed E-state index contributed by atoms with van der Waals surface area (Å²) in [6, 6.07) is 10.2. The fourth-order valence-electron chi connectivity index (χ4n) is 1.82. The average Bonchev–Trinajstić information content (AvgIpc) is 2.46. The van der Waals surface area contributed by atoms with Gasteiger partial charge in [-0.05, 0) is 23.8 Å². The largest absolute Gasteiger partial charge is 0.507 e. The zero-order chi connectivity index (χ0) is 16.1. The molecule has 0 saturated carbocycles. The van der Waals surface area contributed by atoms with Gasteiger partial charge in [0, 0.05) is 23.9 Å². The number of carboxylic acid groups (broad SMARTS) is 1. The van der Waals surface area contributed by atoms with Gasteiger partial charge in [0.25, 0.3) is 5.69 Å². The number of phenolic OH excluding ortho intramolecular Hbond substituents is 1. The second kappa shape index (κ2) is 6.49. The molecule has 0 saturated heterocycles. The van der Waals surface area contributed by atoms with Crippen LogP contribution in [0.4, 0.5) is 11.4 Å². The van der Waals surface area contributed by atoms with Gasteiger partial charge in [-0.1, -0.05) is 12.1 Å². The second-order valence-electron chi connectivity index (χ2n) is 4.50. The van der Waals surface area contributed by atoms with E-state index in [2.05, 4.69) is 4.99 Å². The fourth-order valence-corrected chi connectivity index (χ4v) is 1.82. The smallest absolute Gasteiger partial charge is 0.307 e. The number of aliphatic imine (C=N–C) groups is 1. The number of carbonyl (C=O) groups is 1. The van der Waals surface area contributed by atoms with Crippen molar-refractivity contribution in [1.82, 2.24) is 0 Å². The standard InChI is InChI=1S/C15H12N2O5/c18-14-5-4-13(17(21)22)8-11(14)9-16-12-3-1-2-10(6-12)7-15(19)20/h1-6,8-9,18H,7H2,(H,19,20). The molecule has 0 aliphatic heterocycles. The summed E-state index contributed by atoms with van der Waals surface area (Å²) in [7, 11) is 0. The summed E-state index contributed by atoms with van der Waals surface area (Å²) in [6.07, 6.45) is 1.17. The second-order valence-corrected chi connectivity index (χ2v) is 4.50. The van der Waals surface area contributed by atoms with Crippen molar-refractivity contribution in [1.29, 1.82) is 0 Å². The van der Waals surface area contributed by atoms with Gasteiger partial charge >= 0.3 is 5.97 Å². The van der Waals surface area contributed by atoms with Crippen molar-refractivity contribution in [2.75, 3.05) is 0 Å². The van der Waals surface area contributed by atoms with Crippen molar-refractivity contribution in [3.63, 3.8) is 0 Å². The molecule has 0 amide bonds. The maximum Gasteiger partial charge on any atom is 0.307 e. The number of nitro benzene ring substituents is 1. The van der Waals surface area contributed by atoms with Crippen molar-refractivity contribution in [2.24, 2.45) is 4.99 Å². The first-order valence-corrected chi connectivity index (χ1v) is 6.28. The molecule has 0 atom stereocenters. The third-order valence-electron chi connectivity index (χ3n) is 2.84. The predicted molar refractivity (Wildman–Crippen MR) is 79.8 cm³/mol. The number of nitrogens with zero attached hydrogens (tertiary/aromatic N) is 2. The molecule has 7 heteroatoms. The molecule has 2 aromatic carbocycles. The van der Waals surface area contributed by atoms with E-state index in [0.29, 0.717) is 11.3 Å². The zero-order valence-electron chi connectivity index (χ0n) is 11.3. The van der Waals surface area contributed by atoms with E-state index in [0.717, 1.165) is 0 Å². The molecule has 2 N–H and O–H groups in total. The monoisotopic (exact) mass is 300 g/mol. The van der Waals surface area contributed by atoms with Crippen LogP contribution in [0.15, 0.2) is 47.5 Å². The van der Waals surface area contributed by atoms with Crippen LogP contribution in [-0.2, 0) is 11.2 Å². The molecule has 0 heterocycles. The van der Waals surface area contributed by atoms with Crippen LogP contribution in [0.3, 0.4) is 0 Å². The average molecular weight is 300 g/mol. The molecule has 0 bridgehead atoms. The number of aliphatic carboxylic acids is 1. The molecule has 0 unspecified atom stereocenters. The summed E-state index contributed by atoms with van der Waals surface area (Å²) < 4.78 is 0. The van der Waals surface area contributed by atoms with E-state index in [-0.39, 0.29) is 23.4 Å². The molecule has 7 nitrogen and oxygen atoms in total. The quantitative estimate of drug-likeness (QED) is 0.500. The van der Waals surface area contributed by atoms with Gasteiger partial charge in [0.1, 0.15) is 5.75 Å². The van der Waals surface area contributed by atoms with Crippen LogP contribution in [0.2, 0.25) is 0 Å². The Morgan fingerprint density at radius 3 is 2.73 bits per heavy atom. The zero-order valence-corrected chi connectivity index (χ0v) is 11.3. The molecule has 0 spiro atoms. The summed E-state index contributed by atoms with van der Waals surface area (Å²) >= 11 is 0. The van der Waals surface area contributed by atoms with Crippen molar-refractivity contribution in [3.8, 4) is 5.75 Å². The highest BCUT2D eigenvalue weighted by atomic mass is 16.6. The molecule has 0 aromatic heterocycles. The lowest BCUT2D eigenvalue weighted by Crippen LogP contribution is -1.99. The summed E-state index contributed by atoms with van der Waals surface area (Å²) in [5.41, 5.74) is 1.13. The molecule has 0 aliphatic rings. The fraction of sp³-hybridized carbons (Fsp3) is 0.0667. The van der Waals surface area contributed by atoms with E-state index < -0.39 is 10.9 Å². The molecule has 0 aliphatic carbocycles. The first-order chi connectivity index (χ1) is 10.5. The van der Waals surface area contributed by atoms with Crippen molar-refractivity contribution in [2.45, 2.75) is 6.42 Å². The van der Waals surface area contributed by atoms with E-state index in [4.69, 9.17) is 5.11 Å². The molecule has 112 valence electrons. The van der Waals surface area contributed by atoms with Gasteiger partial charge in [-0.3, -0.25) is 19.9 Å². The maximum absolute atomic E-state index is 10.7. The molecule has 2 aromatic rings. The number of hydrogen-bond donors (Lipinski definition) is 2. The van der Waals surface area contributed by atoms with Crippen molar-refractivity contribution < 1.29 is 19.9 Å². The SMILES string of the molecule is O=C(O)Cc1cccc(N=Cc2cc([N+](=O)[O-])ccc2O)c1. The minimum atomic E-state index is -0.947. The van der Waals surface area contributed by atoms with Crippen LogP contribution < -0.4 is 0 Å². The molecule has 0 radical (unpaired) electrons. The molecule has 22 heavy (non-hydrogen) atoms. The summed E-state index contributed by atoms with van der Waals surface area (Å²) in [5.74, 6) is -1.08. The number of phenols is 1. The lowest BCUT2D eigenvalue weighted by molar-refractivity contribution is -0.384. The van der Waals surface area contributed by atoms with Crippen LogP contribution in [0, 0.1) is 10.1 Å². The normalized spacial score (nSPS) is 10.7. The van der Waals surface area contributed by atoms with Gasteiger partial charge in [-0.25, -0.2) is 0 Å². The first-order valence-electron chi connectivity index (χ1n) is 6.28. The number of non-ortho nitro benzene ring substituents is 1. The number of benzene rings is 2. The number of nitro groups is 1. The van der Waals surface area contributed by atoms with Crippen molar-refractivity contribution in [3.05, 3.63) is 63.7 Å². The molecule has 2 rings (SSSR count). The Morgan fingerprint density at radius 2 is 2.05 bits per heavy atom. The van der Waals surface area contributed by atoms with E-state index in [1.54, 1.807) is 24.3 Å². The summed E-state index contributed by atoms with van der Waals surface area (Å²) in [4.78, 5) is 24.9. The Hall–Kier alpha value is -3.22. The van der Waals surface area contributed by atoms with Crippen LogP contribution in [0.5, 0.6) is 5.75 Å². The van der Waals surface area contributed by atoms with Crippen LogP contribution in [-0.4, -0.2) is 27.3 Å². The highest BCUT2D eigenvalue weighted by Crippen LogP contribution is 2.22. The van der Waals surface area contributed by atoms with E-state index in [1.807, 2.05) is 0 Å². The molecule has 0 fully saturated rings. The van der Waals surface area contributed by atoms with Gasteiger partial charge in [0.15, 0.2) is 0 Å². The molecular weight excluding hydrogens is 288 g/mol. The lowest BCUT2D eigenvalue weighted by Gasteiger charge is -2.00. The number of hydrogen-bond acceptors (Lipinski definition) is 5. The van der Waals surface area contributed by atoms with Gasteiger partial charge < -0.3 is 10.2 Å². The van der Waals surface area contributed by atoms with Crippen molar-refractivity contribution >= 4 is 23.6 Å². The van der Waals surface area contributed by atoms with Crippen LogP contribution in [0.1, 0.15) is 11.1 Å². The van der Waals surface area contributed by atoms with E-state index in [9.17, 15) is 20.0 Å². The third-order valence-corrected chi connectivity index (χ3v) is 2.84. The van der Waals surface area contributed by atoms with E-state index in [1.165, 1.54) is 24.4 Å². The van der Waals surface area contributed by atoms with Gasteiger partial charge in [0.2, 0.25) is 0 Å². The van der Waals surface area contributed by atoms with Gasteiger partial charge in [-0.15, -0.1) is 0 Å². The number of rotatable bonds is 5. The lowest BCUT2D eigenvalue weighted by atomic mass is 10.1. The first kappa shape index (κ1) is 15.2. The minimum Gasteiger partial charge on any atom is -0.507 e. The van der Waals surface area contributed by atoms with Crippen LogP contribution in [0.25, 0.3) is 0 Å². The van der Waals surface area contributed by atoms with E-state index >= 15 is 0 Å². The minimum absolute atomic E-state index is 0.120.